The number of hydrogen-bond donors (Lipinski definition) is 0. The van der Waals surface area contributed by atoms with E-state index in [2.05, 4.69) is 0 Å². The van der Waals surface area contributed by atoms with E-state index in [-0.39, 0.29) is 0 Å². The number of halogens is 3. The molecule has 0 radical (unpaired) electrons. The van der Waals surface area contributed by atoms with E-state index in [4.69, 9.17) is 39.5 Å². The molecule has 1 unspecified atom stereocenters. The van der Waals surface area contributed by atoms with Crippen LogP contribution in [0, 0.1) is 0 Å². The minimum atomic E-state index is -0.730. The van der Waals surface area contributed by atoms with Crippen molar-refractivity contribution in [1.82, 2.24) is 0 Å². The van der Waals surface area contributed by atoms with E-state index in [1.807, 2.05) is 18.2 Å². The van der Waals surface area contributed by atoms with Crippen molar-refractivity contribution in [3.8, 4) is 5.75 Å². The van der Waals surface area contributed by atoms with E-state index in [1.165, 1.54) is 0 Å². The zero-order valence-electron chi connectivity index (χ0n) is 6.08. The highest BCUT2D eigenvalue weighted by atomic mass is 35.5. The van der Waals surface area contributed by atoms with Crippen LogP contribution in [0.25, 0.3) is 0 Å². The van der Waals surface area contributed by atoms with E-state index >= 15 is 0 Å². The highest BCUT2D eigenvalue weighted by molar-refractivity contribution is 6.48. The number of ether oxygens (including phenoxy) is 1. The molecule has 0 spiro atoms. The fourth-order valence-corrected chi connectivity index (χ4v) is 0.886. The second-order valence-electron chi connectivity index (χ2n) is 2.12. The van der Waals surface area contributed by atoms with Gasteiger partial charge in [-0.1, -0.05) is 53.0 Å². The standard InChI is InChI=1S/C8H7Cl3O/c9-7(10)8(11)12-6-4-2-1-3-5-6/h1-5,7-8H. The van der Waals surface area contributed by atoms with Crippen molar-refractivity contribution >= 4 is 34.8 Å². The molecule has 1 rings (SSSR count). The van der Waals surface area contributed by atoms with Gasteiger partial charge in [0, 0.05) is 0 Å². The first-order valence-electron chi connectivity index (χ1n) is 3.34. The van der Waals surface area contributed by atoms with Crippen molar-refractivity contribution in [2.24, 2.45) is 0 Å². The highest BCUT2D eigenvalue weighted by Gasteiger charge is 2.14. The third-order valence-corrected chi connectivity index (χ3v) is 2.25. The summed E-state index contributed by atoms with van der Waals surface area (Å²) in [6.45, 7) is 0. The zero-order chi connectivity index (χ0) is 8.97. The van der Waals surface area contributed by atoms with E-state index in [9.17, 15) is 0 Å². The number of hydrogen-bond acceptors (Lipinski definition) is 1. The molecule has 1 aromatic carbocycles. The molecule has 0 aliphatic rings. The molecule has 4 heteroatoms. The topological polar surface area (TPSA) is 9.23 Å². The summed E-state index contributed by atoms with van der Waals surface area (Å²) in [4.78, 5) is -0.730. The lowest BCUT2D eigenvalue weighted by atomic mass is 10.3. The van der Waals surface area contributed by atoms with Gasteiger partial charge >= 0.3 is 0 Å². The lowest BCUT2D eigenvalue weighted by Crippen LogP contribution is -2.16. The summed E-state index contributed by atoms with van der Waals surface area (Å²) < 4.78 is 5.18. The first-order valence-corrected chi connectivity index (χ1v) is 4.65. The maximum atomic E-state index is 5.66. The lowest BCUT2D eigenvalue weighted by molar-refractivity contribution is 0.295. The predicted octanol–water partition coefficient (Wildman–Crippen LogP) is 3.43. The maximum absolute atomic E-state index is 5.66. The summed E-state index contributed by atoms with van der Waals surface area (Å²) in [5, 5.41) is 0. The molecule has 0 aliphatic carbocycles. The van der Waals surface area contributed by atoms with Crippen LogP contribution in [0.1, 0.15) is 0 Å². The smallest absolute Gasteiger partial charge is 0.202 e. The molecule has 0 saturated heterocycles. The van der Waals surface area contributed by atoms with Gasteiger partial charge in [-0.2, -0.15) is 0 Å². The van der Waals surface area contributed by atoms with Gasteiger partial charge in [0.05, 0.1) is 0 Å². The Morgan fingerprint density at radius 3 is 2.08 bits per heavy atom. The highest BCUT2D eigenvalue weighted by Crippen LogP contribution is 2.19. The average molecular weight is 226 g/mol. The van der Waals surface area contributed by atoms with E-state index < -0.39 is 10.4 Å². The average Bonchev–Trinajstić information content (AvgIpc) is 2.06. The molecule has 0 aromatic heterocycles. The van der Waals surface area contributed by atoms with Crippen LogP contribution in [0.3, 0.4) is 0 Å². The summed E-state index contributed by atoms with van der Waals surface area (Å²) in [5.41, 5.74) is -0.712. The number of alkyl halides is 3. The molecule has 0 amide bonds. The van der Waals surface area contributed by atoms with Crippen molar-refractivity contribution < 1.29 is 4.74 Å². The van der Waals surface area contributed by atoms with Crippen LogP contribution in [-0.4, -0.2) is 10.4 Å². The van der Waals surface area contributed by atoms with Crippen LogP contribution >= 0.6 is 34.8 Å². The molecule has 0 bridgehead atoms. The fourth-order valence-electron chi connectivity index (χ4n) is 0.680. The molecular formula is C8H7Cl3O. The molecule has 0 heterocycles. The quantitative estimate of drug-likeness (QED) is 0.716. The Hall–Kier alpha value is -0.110. The van der Waals surface area contributed by atoms with Gasteiger partial charge < -0.3 is 4.74 Å². The lowest BCUT2D eigenvalue weighted by Gasteiger charge is -2.12. The minimum Gasteiger partial charge on any atom is -0.472 e. The molecule has 1 nitrogen and oxygen atoms in total. The second kappa shape index (κ2) is 4.80. The van der Waals surface area contributed by atoms with Gasteiger partial charge in [0.15, 0.2) is 4.84 Å². The SMILES string of the molecule is ClC(Cl)C(Cl)Oc1ccccc1. The number of rotatable bonds is 3. The van der Waals surface area contributed by atoms with Crippen molar-refractivity contribution in [2.45, 2.75) is 10.4 Å². The van der Waals surface area contributed by atoms with E-state index in [0.29, 0.717) is 5.75 Å². The van der Waals surface area contributed by atoms with Crippen LogP contribution < -0.4 is 4.74 Å². The van der Waals surface area contributed by atoms with Gasteiger partial charge in [-0.15, -0.1) is 0 Å². The van der Waals surface area contributed by atoms with Crippen molar-refractivity contribution in [3.63, 3.8) is 0 Å². The number of benzene rings is 1. The molecule has 0 aliphatic heterocycles. The van der Waals surface area contributed by atoms with Gasteiger partial charge in [0.25, 0.3) is 0 Å². The van der Waals surface area contributed by atoms with Gasteiger partial charge in [0.2, 0.25) is 5.56 Å². The van der Waals surface area contributed by atoms with Crippen LogP contribution in [-0.2, 0) is 0 Å². The van der Waals surface area contributed by atoms with Crippen molar-refractivity contribution in [2.75, 3.05) is 0 Å². The summed E-state index contributed by atoms with van der Waals surface area (Å²) in [7, 11) is 0. The Morgan fingerprint density at radius 1 is 1.00 bits per heavy atom. The third-order valence-electron chi connectivity index (χ3n) is 1.19. The largest absolute Gasteiger partial charge is 0.472 e. The first-order chi connectivity index (χ1) is 5.70. The fraction of sp³-hybridized carbons (Fsp3) is 0.250. The molecular weight excluding hydrogens is 218 g/mol. The Kier molecular flexibility index (Phi) is 3.99. The van der Waals surface area contributed by atoms with E-state index in [0.717, 1.165) is 0 Å². The predicted molar refractivity (Wildman–Crippen MR) is 52.2 cm³/mol. The zero-order valence-corrected chi connectivity index (χ0v) is 8.35. The Morgan fingerprint density at radius 2 is 1.58 bits per heavy atom. The molecule has 12 heavy (non-hydrogen) atoms. The third kappa shape index (κ3) is 3.10. The molecule has 66 valence electrons. The molecule has 0 saturated carbocycles. The summed E-state index contributed by atoms with van der Waals surface area (Å²) >= 11 is 16.6. The summed E-state index contributed by atoms with van der Waals surface area (Å²) in [6.07, 6.45) is 0. The maximum Gasteiger partial charge on any atom is 0.202 e. The minimum absolute atomic E-state index is 0.656. The van der Waals surface area contributed by atoms with Crippen LogP contribution in [0.15, 0.2) is 30.3 Å². The Labute approximate surface area is 86.2 Å². The van der Waals surface area contributed by atoms with Gasteiger partial charge in [-0.05, 0) is 12.1 Å². The van der Waals surface area contributed by atoms with Gasteiger partial charge in [-0.3, -0.25) is 0 Å². The Bertz CT molecular complexity index is 225. The molecule has 1 aromatic rings. The molecule has 1 atom stereocenters. The van der Waals surface area contributed by atoms with Crippen LogP contribution in [0.5, 0.6) is 5.75 Å². The number of para-hydroxylation sites is 1. The van der Waals surface area contributed by atoms with Crippen molar-refractivity contribution in [3.05, 3.63) is 30.3 Å². The van der Waals surface area contributed by atoms with E-state index in [1.54, 1.807) is 12.1 Å². The molecule has 0 fully saturated rings. The van der Waals surface area contributed by atoms with Crippen LogP contribution in [0.4, 0.5) is 0 Å². The molecule has 0 N–H and O–H groups in total. The van der Waals surface area contributed by atoms with Gasteiger partial charge in [0.1, 0.15) is 5.75 Å². The summed E-state index contributed by atoms with van der Waals surface area (Å²) in [5.74, 6) is 0.656. The summed E-state index contributed by atoms with van der Waals surface area (Å²) in [6, 6.07) is 9.14. The second-order valence-corrected chi connectivity index (χ2v) is 3.71. The normalized spacial score (nSPS) is 13.0. The van der Waals surface area contributed by atoms with Crippen LogP contribution in [0.2, 0.25) is 0 Å². The van der Waals surface area contributed by atoms with Crippen molar-refractivity contribution in [1.29, 1.82) is 0 Å². The first kappa shape index (κ1) is 9.97. The monoisotopic (exact) mass is 224 g/mol. The Balaban J connectivity index is 2.53. The van der Waals surface area contributed by atoms with Gasteiger partial charge in [-0.25, -0.2) is 0 Å².